The van der Waals surface area contributed by atoms with Crippen molar-refractivity contribution >= 4 is 21.6 Å². The standard InChI is InChI=1S/C11H14BrNO3/c1-11(2,7-12)8-4-5-10(16-3)9(6-8)13(14)15/h4-6H,7H2,1-3H3. The molecule has 1 aromatic rings. The predicted molar refractivity (Wildman–Crippen MR) is 66.5 cm³/mol. The molecule has 0 amide bonds. The zero-order valence-electron chi connectivity index (χ0n) is 9.49. The highest BCUT2D eigenvalue weighted by Crippen LogP contribution is 2.33. The van der Waals surface area contributed by atoms with Crippen LogP contribution in [-0.4, -0.2) is 17.4 Å². The fourth-order valence-corrected chi connectivity index (χ4v) is 1.65. The van der Waals surface area contributed by atoms with E-state index < -0.39 is 4.92 Å². The first-order valence-electron chi connectivity index (χ1n) is 4.81. The van der Waals surface area contributed by atoms with Crippen LogP contribution in [0, 0.1) is 10.1 Å². The summed E-state index contributed by atoms with van der Waals surface area (Å²) < 4.78 is 4.95. The van der Waals surface area contributed by atoms with E-state index in [0.29, 0.717) is 5.75 Å². The maximum Gasteiger partial charge on any atom is 0.311 e. The van der Waals surface area contributed by atoms with Gasteiger partial charge in [0, 0.05) is 11.4 Å². The van der Waals surface area contributed by atoms with Gasteiger partial charge < -0.3 is 4.74 Å². The number of ether oxygens (including phenoxy) is 1. The lowest BCUT2D eigenvalue weighted by molar-refractivity contribution is -0.385. The average Bonchev–Trinajstić information content (AvgIpc) is 2.28. The highest BCUT2D eigenvalue weighted by Gasteiger charge is 2.23. The summed E-state index contributed by atoms with van der Waals surface area (Å²) in [5, 5.41) is 11.6. The Balaban J connectivity index is 3.27. The van der Waals surface area contributed by atoms with E-state index in [4.69, 9.17) is 4.74 Å². The van der Waals surface area contributed by atoms with Crippen molar-refractivity contribution in [2.24, 2.45) is 0 Å². The molecule has 0 atom stereocenters. The van der Waals surface area contributed by atoms with E-state index in [1.807, 2.05) is 19.9 Å². The Morgan fingerprint density at radius 2 is 2.12 bits per heavy atom. The van der Waals surface area contributed by atoms with Crippen molar-refractivity contribution in [2.45, 2.75) is 19.3 Å². The smallest absolute Gasteiger partial charge is 0.311 e. The molecule has 0 heterocycles. The molecule has 0 N–H and O–H groups in total. The molecule has 88 valence electrons. The SMILES string of the molecule is COc1ccc(C(C)(C)CBr)cc1[N+](=O)[O-]. The average molecular weight is 288 g/mol. The summed E-state index contributed by atoms with van der Waals surface area (Å²) in [5.41, 5.74) is 0.780. The number of halogens is 1. The Morgan fingerprint density at radius 3 is 2.56 bits per heavy atom. The number of methoxy groups -OCH3 is 1. The number of nitro groups is 1. The van der Waals surface area contributed by atoms with E-state index in [0.717, 1.165) is 10.9 Å². The molecular formula is C11H14BrNO3. The van der Waals surface area contributed by atoms with Gasteiger partial charge in [0.2, 0.25) is 0 Å². The second-order valence-electron chi connectivity index (χ2n) is 4.16. The predicted octanol–water partition coefficient (Wildman–Crippen LogP) is 3.28. The van der Waals surface area contributed by atoms with E-state index in [1.165, 1.54) is 7.11 Å². The first kappa shape index (κ1) is 13.0. The largest absolute Gasteiger partial charge is 0.490 e. The van der Waals surface area contributed by atoms with Gasteiger partial charge >= 0.3 is 5.69 Å². The van der Waals surface area contributed by atoms with Gasteiger partial charge in [-0.2, -0.15) is 0 Å². The van der Waals surface area contributed by atoms with Crippen LogP contribution in [0.5, 0.6) is 5.75 Å². The van der Waals surface area contributed by atoms with Crippen molar-refractivity contribution in [3.05, 3.63) is 33.9 Å². The Kier molecular flexibility index (Phi) is 3.91. The van der Waals surface area contributed by atoms with Crippen LogP contribution < -0.4 is 4.74 Å². The molecule has 1 rings (SSSR count). The van der Waals surface area contributed by atoms with Crippen molar-refractivity contribution < 1.29 is 9.66 Å². The van der Waals surface area contributed by atoms with Crippen LogP contribution in [0.4, 0.5) is 5.69 Å². The zero-order valence-corrected chi connectivity index (χ0v) is 11.1. The molecule has 0 unspecified atom stereocenters. The lowest BCUT2D eigenvalue weighted by atomic mass is 9.86. The molecule has 0 saturated heterocycles. The number of alkyl halides is 1. The van der Waals surface area contributed by atoms with Crippen LogP contribution in [0.1, 0.15) is 19.4 Å². The minimum atomic E-state index is -0.424. The fourth-order valence-electron chi connectivity index (χ4n) is 1.33. The molecule has 0 aromatic heterocycles. The summed E-state index contributed by atoms with van der Waals surface area (Å²) in [5.74, 6) is 0.291. The zero-order chi connectivity index (χ0) is 12.3. The Bertz CT molecular complexity index is 404. The summed E-state index contributed by atoms with van der Waals surface area (Å²) in [6, 6.07) is 5.06. The molecule has 0 aliphatic carbocycles. The third kappa shape index (κ3) is 2.52. The molecule has 4 nitrogen and oxygen atoms in total. The number of hydrogen-bond donors (Lipinski definition) is 0. The summed E-state index contributed by atoms with van der Waals surface area (Å²) >= 11 is 3.40. The first-order chi connectivity index (χ1) is 7.42. The van der Waals surface area contributed by atoms with Crippen molar-refractivity contribution in [3.8, 4) is 5.75 Å². The van der Waals surface area contributed by atoms with E-state index in [2.05, 4.69) is 15.9 Å². The third-order valence-corrected chi connectivity index (χ3v) is 3.89. The maximum atomic E-state index is 10.9. The summed E-state index contributed by atoms with van der Waals surface area (Å²) in [7, 11) is 1.43. The summed E-state index contributed by atoms with van der Waals surface area (Å²) in [4.78, 5) is 10.4. The van der Waals surface area contributed by atoms with Gasteiger partial charge in [0.15, 0.2) is 5.75 Å². The Labute approximate surface area is 103 Å². The van der Waals surface area contributed by atoms with Gasteiger partial charge in [-0.15, -0.1) is 0 Å². The van der Waals surface area contributed by atoms with Crippen molar-refractivity contribution in [2.75, 3.05) is 12.4 Å². The molecule has 0 saturated carbocycles. The lowest BCUT2D eigenvalue weighted by Crippen LogP contribution is -2.18. The van der Waals surface area contributed by atoms with Gasteiger partial charge in [-0.1, -0.05) is 35.8 Å². The second-order valence-corrected chi connectivity index (χ2v) is 4.72. The third-order valence-electron chi connectivity index (χ3n) is 2.49. The van der Waals surface area contributed by atoms with E-state index in [1.54, 1.807) is 12.1 Å². The lowest BCUT2D eigenvalue weighted by Gasteiger charge is -2.22. The van der Waals surface area contributed by atoms with Gasteiger partial charge in [-0.3, -0.25) is 10.1 Å². The molecule has 0 aliphatic heterocycles. The number of hydrogen-bond acceptors (Lipinski definition) is 3. The van der Waals surface area contributed by atoms with Crippen LogP contribution in [0.25, 0.3) is 0 Å². The van der Waals surface area contributed by atoms with Crippen molar-refractivity contribution in [1.82, 2.24) is 0 Å². The Hall–Kier alpha value is -1.10. The summed E-state index contributed by atoms with van der Waals surface area (Å²) in [6.45, 7) is 4.04. The molecular weight excluding hydrogens is 274 g/mol. The van der Waals surface area contributed by atoms with E-state index in [-0.39, 0.29) is 11.1 Å². The van der Waals surface area contributed by atoms with Gasteiger partial charge in [-0.05, 0) is 17.0 Å². The number of nitro benzene ring substituents is 1. The highest BCUT2D eigenvalue weighted by molar-refractivity contribution is 9.09. The second kappa shape index (κ2) is 4.82. The fraction of sp³-hybridized carbons (Fsp3) is 0.455. The van der Waals surface area contributed by atoms with Crippen molar-refractivity contribution in [1.29, 1.82) is 0 Å². The molecule has 0 spiro atoms. The molecule has 0 radical (unpaired) electrons. The molecule has 0 fully saturated rings. The molecule has 1 aromatic carbocycles. The maximum absolute atomic E-state index is 10.9. The van der Waals surface area contributed by atoms with Crippen LogP contribution in [0.3, 0.4) is 0 Å². The highest BCUT2D eigenvalue weighted by atomic mass is 79.9. The number of nitrogens with zero attached hydrogens (tertiary/aromatic N) is 1. The molecule has 5 heteroatoms. The molecule has 16 heavy (non-hydrogen) atoms. The van der Waals surface area contributed by atoms with Gasteiger partial charge in [0.05, 0.1) is 12.0 Å². The number of rotatable bonds is 4. The molecule has 0 aliphatic rings. The van der Waals surface area contributed by atoms with Gasteiger partial charge in [0.25, 0.3) is 0 Å². The van der Waals surface area contributed by atoms with Crippen LogP contribution in [-0.2, 0) is 5.41 Å². The molecule has 0 bridgehead atoms. The monoisotopic (exact) mass is 287 g/mol. The van der Waals surface area contributed by atoms with Crippen molar-refractivity contribution in [3.63, 3.8) is 0 Å². The quantitative estimate of drug-likeness (QED) is 0.485. The van der Waals surface area contributed by atoms with E-state index >= 15 is 0 Å². The Morgan fingerprint density at radius 1 is 1.50 bits per heavy atom. The van der Waals surface area contributed by atoms with Gasteiger partial charge in [-0.25, -0.2) is 0 Å². The normalized spacial score (nSPS) is 11.2. The number of benzene rings is 1. The minimum absolute atomic E-state index is 0.00836. The van der Waals surface area contributed by atoms with Crippen LogP contribution in [0.2, 0.25) is 0 Å². The minimum Gasteiger partial charge on any atom is -0.490 e. The van der Waals surface area contributed by atoms with E-state index in [9.17, 15) is 10.1 Å². The van der Waals surface area contributed by atoms with Crippen LogP contribution >= 0.6 is 15.9 Å². The first-order valence-corrected chi connectivity index (χ1v) is 5.93. The van der Waals surface area contributed by atoms with Crippen LogP contribution in [0.15, 0.2) is 18.2 Å². The topological polar surface area (TPSA) is 52.4 Å². The summed E-state index contributed by atoms with van der Waals surface area (Å²) in [6.07, 6.45) is 0. The van der Waals surface area contributed by atoms with Gasteiger partial charge in [0.1, 0.15) is 0 Å².